The van der Waals surface area contributed by atoms with Crippen LogP contribution < -0.4 is 20.7 Å². The third kappa shape index (κ3) is 15.9. The number of hydrogen-bond donors (Lipinski definition) is 4. The first kappa shape index (κ1) is 46.7. The molecule has 3 amide bonds. The maximum absolute atomic E-state index is 14.2. The Morgan fingerprint density at radius 2 is 0.902 bits per heavy atom. The molecule has 0 unspecified atom stereocenters. The van der Waals surface area contributed by atoms with E-state index in [-0.39, 0.29) is 34.6 Å². The molecule has 0 radical (unpaired) electrons. The normalized spacial score (nSPS) is 15.9. The summed E-state index contributed by atoms with van der Waals surface area (Å²) in [6.07, 6.45) is 18.1. The predicted molar refractivity (Wildman–Crippen MR) is 228 cm³/mol. The average Bonchev–Trinajstić information content (AvgIpc) is 3.29. The lowest BCUT2D eigenvalue weighted by molar-refractivity contribution is 0.0935. The third-order valence-corrected chi connectivity index (χ3v) is 11.7. The maximum atomic E-state index is 14.2. The third-order valence-electron chi connectivity index (χ3n) is 11.7. The molecule has 3 saturated carbocycles. The van der Waals surface area contributed by atoms with Gasteiger partial charge in [-0.1, -0.05) is 88.1 Å². The van der Waals surface area contributed by atoms with Gasteiger partial charge in [0.05, 0.1) is 0 Å². The van der Waals surface area contributed by atoms with E-state index in [2.05, 4.69) is 16.0 Å². The molecule has 3 aliphatic rings. The Morgan fingerprint density at radius 3 is 1.33 bits per heavy atom. The van der Waals surface area contributed by atoms with Gasteiger partial charge in [-0.05, 0) is 116 Å². The number of amides is 3. The fourth-order valence-electron chi connectivity index (χ4n) is 7.97. The van der Waals surface area contributed by atoms with E-state index in [0.29, 0.717) is 49.6 Å². The van der Waals surface area contributed by atoms with Gasteiger partial charge in [0.1, 0.15) is 6.61 Å². The van der Waals surface area contributed by atoms with Crippen molar-refractivity contribution in [2.75, 3.05) is 19.6 Å². The number of ether oxygens (including phenoxy) is 1. The van der Waals surface area contributed by atoms with Crippen molar-refractivity contribution in [2.24, 2.45) is 17.8 Å². The van der Waals surface area contributed by atoms with Crippen LogP contribution in [0.1, 0.15) is 133 Å². The molecule has 0 spiro atoms. The van der Waals surface area contributed by atoms with Crippen LogP contribution in [0, 0.1) is 41.0 Å². The second kappa shape index (κ2) is 24.8. The van der Waals surface area contributed by atoms with Crippen molar-refractivity contribution >= 4 is 17.7 Å². The van der Waals surface area contributed by atoms with Crippen LogP contribution in [0.25, 0.3) is 0 Å². The van der Waals surface area contributed by atoms with Crippen molar-refractivity contribution in [1.29, 1.82) is 0 Å². The average molecular weight is 846 g/mol. The second-order valence-electron chi connectivity index (χ2n) is 16.4. The van der Waals surface area contributed by atoms with Crippen molar-refractivity contribution in [3.63, 3.8) is 0 Å². The summed E-state index contributed by atoms with van der Waals surface area (Å²) in [5.41, 5.74) is 1.72. The van der Waals surface area contributed by atoms with Gasteiger partial charge in [0.25, 0.3) is 17.7 Å². The molecule has 0 heterocycles. The van der Waals surface area contributed by atoms with E-state index in [1.807, 2.05) is 30.3 Å². The Morgan fingerprint density at radius 1 is 0.492 bits per heavy atom. The molecule has 4 aromatic carbocycles. The minimum Gasteiger partial charge on any atom is -0.505 e. The SMILES string of the molecule is O=C(NCC1CCCCC1)c1ccc(F)c(F)c1.O=C(NCC1CCCCC1)c1ccc(O)c(F)c1.O=C(NCC1CCCCC1)c1ccc(OCc2ccccc2)c(F)c1. The zero-order valence-corrected chi connectivity index (χ0v) is 34.8. The standard InChI is InChI=1S/C21H24FNO2.C14H17F2NO.C14H18FNO2/c22-19-13-18(21(24)23-14-16-7-3-1-4-8-16)11-12-20(19)25-15-17-9-5-2-6-10-17;15-12-7-6-11(8-13(12)16)14(18)17-9-10-4-2-1-3-5-10;15-12-8-11(6-7-13(12)17)14(18)16-9-10-4-2-1-3-5-10/h2,5-6,9-13,16H,1,3-4,7-8,14-15H2,(H,23,24);6-8,10H,1-5,9H2,(H,17,18);6-8,10,17H,1-5,9H2,(H,16,18). The van der Waals surface area contributed by atoms with Gasteiger partial charge in [0, 0.05) is 36.3 Å². The van der Waals surface area contributed by atoms with Crippen LogP contribution in [-0.4, -0.2) is 42.5 Å². The Bertz CT molecular complexity index is 1920. The number of benzene rings is 4. The zero-order valence-electron chi connectivity index (χ0n) is 34.8. The quantitative estimate of drug-likeness (QED) is 0.106. The molecule has 4 aromatic rings. The Kier molecular flexibility index (Phi) is 18.9. The van der Waals surface area contributed by atoms with Crippen LogP contribution in [0.4, 0.5) is 17.6 Å². The maximum Gasteiger partial charge on any atom is 0.251 e. The summed E-state index contributed by atoms with van der Waals surface area (Å²) in [4.78, 5) is 35.8. The number of phenols is 1. The summed E-state index contributed by atoms with van der Waals surface area (Å²) >= 11 is 0. The van der Waals surface area contributed by atoms with Crippen molar-refractivity contribution in [3.8, 4) is 11.5 Å². The second-order valence-corrected chi connectivity index (χ2v) is 16.4. The van der Waals surface area contributed by atoms with Gasteiger partial charge >= 0.3 is 0 Å². The Balaban J connectivity index is 0.000000177. The molecule has 0 bridgehead atoms. The number of rotatable bonds is 12. The molecule has 4 N–H and O–H groups in total. The van der Waals surface area contributed by atoms with E-state index in [0.717, 1.165) is 49.4 Å². The number of carbonyl (C=O) groups excluding carboxylic acids is 3. The van der Waals surface area contributed by atoms with E-state index in [4.69, 9.17) is 9.84 Å². The molecule has 328 valence electrons. The van der Waals surface area contributed by atoms with E-state index in [9.17, 15) is 31.9 Å². The number of carbonyl (C=O) groups is 3. The van der Waals surface area contributed by atoms with Crippen LogP contribution in [0.5, 0.6) is 11.5 Å². The highest BCUT2D eigenvalue weighted by Gasteiger charge is 2.18. The van der Waals surface area contributed by atoms with Gasteiger partial charge in [-0.3, -0.25) is 14.4 Å². The summed E-state index contributed by atoms with van der Waals surface area (Å²) in [6.45, 7) is 2.25. The first-order valence-corrected chi connectivity index (χ1v) is 21.8. The van der Waals surface area contributed by atoms with E-state index in [1.165, 1.54) is 101 Å². The van der Waals surface area contributed by atoms with Crippen LogP contribution in [0.2, 0.25) is 0 Å². The molecule has 8 nitrogen and oxygen atoms in total. The number of phenolic OH excluding ortho intramolecular Hbond substituents is 1. The predicted octanol–water partition coefficient (Wildman–Crippen LogP) is 10.8. The molecular weight excluding hydrogens is 787 g/mol. The fourth-order valence-corrected chi connectivity index (χ4v) is 7.97. The van der Waals surface area contributed by atoms with Crippen LogP contribution >= 0.6 is 0 Å². The lowest BCUT2D eigenvalue weighted by Gasteiger charge is -2.21. The molecule has 3 fully saturated rings. The molecule has 12 heteroatoms. The molecule has 61 heavy (non-hydrogen) atoms. The number of nitrogens with one attached hydrogen (secondary N) is 3. The number of aromatic hydroxyl groups is 1. The summed E-state index contributed by atoms with van der Waals surface area (Å²) in [5.74, 6) is -2.68. The largest absolute Gasteiger partial charge is 0.505 e. The smallest absolute Gasteiger partial charge is 0.251 e. The van der Waals surface area contributed by atoms with Crippen LogP contribution in [0.15, 0.2) is 84.9 Å². The van der Waals surface area contributed by atoms with Crippen molar-refractivity contribution in [1.82, 2.24) is 16.0 Å². The molecule has 0 aromatic heterocycles. The van der Waals surface area contributed by atoms with Crippen LogP contribution in [-0.2, 0) is 6.61 Å². The van der Waals surface area contributed by atoms with Crippen molar-refractivity contribution in [2.45, 2.75) is 103 Å². The van der Waals surface area contributed by atoms with Gasteiger partial charge in [-0.25, -0.2) is 17.6 Å². The molecule has 3 aliphatic carbocycles. The summed E-state index contributed by atoms with van der Waals surface area (Å²) < 4.78 is 58.5. The number of halogens is 4. The molecule has 7 rings (SSSR count). The van der Waals surface area contributed by atoms with Gasteiger partial charge in [-0.2, -0.15) is 0 Å². The molecule has 0 saturated heterocycles. The topological polar surface area (TPSA) is 117 Å². The van der Waals surface area contributed by atoms with Crippen molar-refractivity contribution in [3.05, 3.63) is 130 Å². The first-order chi connectivity index (χ1) is 29.5. The highest BCUT2D eigenvalue weighted by atomic mass is 19.2. The van der Waals surface area contributed by atoms with E-state index < -0.39 is 29.0 Å². The summed E-state index contributed by atoms with van der Waals surface area (Å²) in [7, 11) is 0. The first-order valence-electron chi connectivity index (χ1n) is 21.8. The van der Waals surface area contributed by atoms with Gasteiger partial charge in [-0.15, -0.1) is 0 Å². The highest BCUT2D eigenvalue weighted by molar-refractivity contribution is 5.95. The molecule has 0 atom stereocenters. The van der Waals surface area contributed by atoms with Gasteiger partial charge in [0.15, 0.2) is 34.8 Å². The van der Waals surface area contributed by atoms with E-state index >= 15 is 0 Å². The highest BCUT2D eigenvalue weighted by Crippen LogP contribution is 2.26. The summed E-state index contributed by atoms with van der Waals surface area (Å²) in [6, 6.07) is 20.9. The lowest BCUT2D eigenvalue weighted by Crippen LogP contribution is -2.30. The lowest BCUT2D eigenvalue weighted by atomic mass is 9.89. The fraction of sp³-hybridized carbons (Fsp3) is 0.449. The van der Waals surface area contributed by atoms with Gasteiger partial charge in [0.2, 0.25) is 0 Å². The van der Waals surface area contributed by atoms with Gasteiger partial charge < -0.3 is 25.8 Å². The van der Waals surface area contributed by atoms with Crippen molar-refractivity contribution < 1.29 is 41.8 Å². The molecular formula is C49H59F4N3O5. The molecule has 0 aliphatic heterocycles. The monoisotopic (exact) mass is 845 g/mol. The Labute approximate surface area is 356 Å². The Hall–Kier alpha value is -5.39. The van der Waals surface area contributed by atoms with E-state index in [1.54, 1.807) is 6.07 Å². The number of hydrogen-bond acceptors (Lipinski definition) is 5. The minimum atomic E-state index is -0.986. The zero-order chi connectivity index (χ0) is 43.4. The minimum absolute atomic E-state index is 0.160. The van der Waals surface area contributed by atoms with Crippen LogP contribution in [0.3, 0.4) is 0 Å². The summed E-state index contributed by atoms with van der Waals surface area (Å²) in [5, 5.41) is 17.6.